The lowest BCUT2D eigenvalue weighted by atomic mass is 9.72. The fraction of sp³-hybridized carbons (Fsp3) is 0.500. The number of carboxylic acids is 1. The van der Waals surface area contributed by atoms with Gasteiger partial charge in [0.2, 0.25) is 0 Å². The van der Waals surface area contributed by atoms with Gasteiger partial charge in [-0.25, -0.2) is 0 Å². The fourth-order valence-corrected chi connectivity index (χ4v) is 3.25. The van der Waals surface area contributed by atoms with Gasteiger partial charge in [-0.2, -0.15) is 0 Å². The van der Waals surface area contributed by atoms with Crippen LogP contribution in [0.2, 0.25) is 0 Å². The van der Waals surface area contributed by atoms with Crippen molar-refractivity contribution in [1.82, 2.24) is 0 Å². The molecule has 3 heteroatoms. The highest BCUT2D eigenvalue weighted by molar-refractivity contribution is 5.73. The maximum Gasteiger partial charge on any atom is 0.303 e. The van der Waals surface area contributed by atoms with E-state index in [1.165, 1.54) is 36.0 Å². The molecule has 0 bridgehead atoms. The van der Waals surface area contributed by atoms with Gasteiger partial charge in [0.25, 0.3) is 0 Å². The maximum atomic E-state index is 10.4. The van der Waals surface area contributed by atoms with Gasteiger partial charge in [0.05, 0.1) is 0 Å². The van der Waals surface area contributed by atoms with Gasteiger partial charge in [-0.05, 0) is 69.1 Å². The first-order valence-corrected chi connectivity index (χ1v) is 9.84. The number of hydrogen-bond donors (Lipinski definition) is 1. The van der Waals surface area contributed by atoms with Gasteiger partial charge < -0.3 is 5.11 Å². The Bertz CT molecular complexity index is 685. The lowest BCUT2D eigenvalue weighted by Gasteiger charge is -2.32. The summed E-state index contributed by atoms with van der Waals surface area (Å²) >= 11 is 0. The molecule has 0 radical (unpaired) electrons. The Morgan fingerprint density at radius 3 is 2.56 bits per heavy atom. The number of nitrogens with zero attached hydrogens (tertiary/aromatic N) is 1. The zero-order valence-corrected chi connectivity index (χ0v) is 17.6. The minimum absolute atomic E-state index is 0.172. The summed E-state index contributed by atoms with van der Waals surface area (Å²) in [5.41, 5.74) is 5.62. The normalized spacial score (nSPS) is 19.0. The second kappa shape index (κ2) is 11.5. The van der Waals surface area contributed by atoms with Crippen LogP contribution in [-0.4, -0.2) is 23.8 Å². The van der Waals surface area contributed by atoms with Crippen LogP contribution in [0.5, 0.6) is 0 Å². The molecule has 1 N–H and O–H groups in total. The first-order chi connectivity index (χ1) is 12.7. The molecule has 1 aliphatic rings. The van der Waals surface area contributed by atoms with Gasteiger partial charge in [-0.1, -0.05) is 55.4 Å². The molecule has 0 spiro atoms. The molecule has 148 valence electrons. The van der Waals surface area contributed by atoms with Crippen LogP contribution in [0.4, 0.5) is 0 Å². The fourth-order valence-electron chi connectivity index (χ4n) is 3.25. The molecule has 0 amide bonds. The molecule has 3 nitrogen and oxygen atoms in total. The predicted molar refractivity (Wildman–Crippen MR) is 116 cm³/mol. The quantitative estimate of drug-likeness (QED) is 0.288. The number of rotatable bonds is 9. The Morgan fingerprint density at radius 1 is 1.19 bits per heavy atom. The second-order valence-corrected chi connectivity index (χ2v) is 8.00. The Kier molecular flexibility index (Phi) is 9.77. The van der Waals surface area contributed by atoms with Crippen LogP contribution in [0.3, 0.4) is 0 Å². The van der Waals surface area contributed by atoms with Gasteiger partial charge in [0.15, 0.2) is 0 Å². The third kappa shape index (κ3) is 9.37. The standard InChI is InChI=1S/C24H35NO2/c1-19(13-14-22-21(3)11-7-16-24(22,4)5)9-6-10-20(2)15-18-25-17-8-12-23(26)27/h6,9-10,13-15,18H,7-8,11-12,16-17H2,1-5H3,(H,26,27)/b10-6+,14-13+,19-9+,20-15+,25-18?. The highest BCUT2D eigenvalue weighted by Crippen LogP contribution is 2.40. The minimum Gasteiger partial charge on any atom is -0.481 e. The molecular weight excluding hydrogens is 334 g/mol. The van der Waals surface area contributed by atoms with Crippen molar-refractivity contribution < 1.29 is 9.90 Å². The SMILES string of the molecule is CC1=C(/C=C/C(C)=C/C=C/C(C)=C/C=NCCCC(=O)O)C(C)(C)CCC1. The molecule has 1 aliphatic carbocycles. The number of carbonyl (C=O) groups is 1. The monoisotopic (exact) mass is 369 g/mol. The number of allylic oxidation sites excluding steroid dienone is 10. The van der Waals surface area contributed by atoms with E-state index in [1.807, 2.05) is 13.0 Å². The average Bonchev–Trinajstić information content (AvgIpc) is 2.56. The van der Waals surface area contributed by atoms with Crippen LogP contribution >= 0.6 is 0 Å². The van der Waals surface area contributed by atoms with Crippen LogP contribution in [0.25, 0.3) is 0 Å². The third-order valence-electron chi connectivity index (χ3n) is 4.89. The molecule has 1 rings (SSSR count). The van der Waals surface area contributed by atoms with Crippen molar-refractivity contribution in [2.45, 2.75) is 66.7 Å². The molecule has 0 aliphatic heterocycles. The minimum atomic E-state index is -0.769. The highest BCUT2D eigenvalue weighted by Gasteiger charge is 2.26. The summed E-state index contributed by atoms with van der Waals surface area (Å²) in [6, 6.07) is 0. The van der Waals surface area contributed by atoms with E-state index in [0.717, 1.165) is 5.57 Å². The number of aliphatic carboxylic acids is 1. The molecule has 0 atom stereocenters. The predicted octanol–water partition coefficient (Wildman–Crippen LogP) is 6.45. The molecule has 0 aromatic heterocycles. The Morgan fingerprint density at radius 2 is 1.89 bits per heavy atom. The summed E-state index contributed by atoms with van der Waals surface area (Å²) in [5, 5.41) is 8.57. The van der Waals surface area contributed by atoms with Crippen molar-refractivity contribution in [3.8, 4) is 0 Å². The van der Waals surface area contributed by atoms with E-state index in [0.29, 0.717) is 13.0 Å². The van der Waals surface area contributed by atoms with E-state index < -0.39 is 5.97 Å². The Hall–Kier alpha value is -2.16. The van der Waals surface area contributed by atoms with E-state index in [9.17, 15) is 4.79 Å². The van der Waals surface area contributed by atoms with Crippen LogP contribution in [0, 0.1) is 5.41 Å². The van der Waals surface area contributed by atoms with Crippen molar-refractivity contribution in [3.05, 3.63) is 58.7 Å². The first-order valence-electron chi connectivity index (χ1n) is 9.84. The van der Waals surface area contributed by atoms with Gasteiger partial charge in [0.1, 0.15) is 0 Å². The number of aliphatic imine (C=N–C) groups is 1. The largest absolute Gasteiger partial charge is 0.481 e. The molecule has 0 unspecified atom stereocenters. The van der Waals surface area contributed by atoms with Crippen molar-refractivity contribution in [3.63, 3.8) is 0 Å². The second-order valence-electron chi connectivity index (χ2n) is 8.00. The van der Waals surface area contributed by atoms with Crippen LogP contribution in [0.15, 0.2) is 63.7 Å². The summed E-state index contributed by atoms with van der Waals surface area (Å²) in [6.07, 6.45) is 18.9. The lowest BCUT2D eigenvalue weighted by Crippen LogP contribution is -2.19. The molecule has 0 heterocycles. The summed E-state index contributed by atoms with van der Waals surface area (Å²) in [6.45, 7) is 11.6. The first kappa shape index (κ1) is 22.9. The van der Waals surface area contributed by atoms with E-state index in [1.54, 1.807) is 6.21 Å². The van der Waals surface area contributed by atoms with Crippen LogP contribution in [0.1, 0.15) is 66.7 Å². The van der Waals surface area contributed by atoms with Crippen LogP contribution < -0.4 is 0 Å². The average molecular weight is 370 g/mol. The van der Waals surface area contributed by atoms with Crippen molar-refractivity contribution in [1.29, 1.82) is 0 Å². The Labute approximate surface area is 165 Å². The molecule has 0 fully saturated rings. The highest BCUT2D eigenvalue weighted by atomic mass is 16.4. The number of hydrogen-bond acceptors (Lipinski definition) is 2. The molecule has 0 aromatic rings. The van der Waals surface area contributed by atoms with E-state index in [-0.39, 0.29) is 11.8 Å². The Balaban J connectivity index is 2.56. The third-order valence-corrected chi connectivity index (χ3v) is 4.89. The summed E-state index contributed by atoms with van der Waals surface area (Å²) in [7, 11) is 0. The topological polar surface area (TPSA) is 49.7 Å². The molecule has 0 saturated heterocycles. The summed E-state index contributed by atoms with van der Waals surface area (Å²) in [4.78, 5) is 14.6. The summed E-state index contributed by atoms with van der Waals surface area (Å²) < 4.78 is 0. The van der Waals surface area contributed by atoms with E-state index in [2.05, 4.69) is 63.1 Å². The van der Waals surface area contributed by atoms with Crippen molar-refractivity contribution in [2.75, 3.05) is 6.54 Å². The van der Waals surface area contributed by atoms with Gasteiger partial charge in [-0.3, -0.25) is 9.79 Å². The van der Waals surface area contributed by atoms with E-state index >= 15 is 0 Å². The molecule has 27 heavy (non-hydrogen) atoms. The molecule has 0 aromatic carbocycles. The zero-order chi connectivity index (χ0) is 20.3. The van der Waals surface area contributed by atoms with Crippen molar-refractivity contribution in [2.24, 2.45) is 10.4 Å². The summed E-state index contributed by atoms with van der Waals surface area (Å²) in [5.74, 6) is -0.769. The van der Waals surface area contributed by atoms with Crippen molar-refractivity contribution >= 4 is 12.2 Å². The van der Waals surface area contributed by atoms with Crippen LogP contribution in [-0.2, 0) is 4.79 Å². The number of carboxylic acid groups (broad SMARTS) is 1. The molecular formula is C24H35NO2. The molecule has 0 saturated carbocycles. The van der Waals surface area contributed by atoms with Gasteiger partial charge >= 0.3 is 5.97 Å². The lowest BCUT2D eigenvalue weighted by molar-refractivity contribution is -0.137. The maximum absolute atomic E-state index is 10.4. The van der Waals surface area contributed by atoms with E-state index in [4.69, 9.17) is 5.11 Å². The zero-order valence-electron chi connectivity index (χ0n) is 17.6. The van der Waals surface area contributed by atoms with Gasteiger partial charge in [-0.15, -0.1) is 0 Å². The smallest absolute Gasteiger partial charge is 0.303 e. The van der Waals surface area contributed by atoms with Gasteiger partial charge in [0, 0.05) is 19.2 Å².